The molecule has 5 heteroatoms. The van der Waals surface area contributed by atoms with Gasteiger partial charge in [-0.1, -0.05) is 26.8 Å². The molecule has 5 nitrogen and oxygen atoms in total. The molecule has 0 unspecified atom stereocenters. The molecule has 0 aliphatic heterocycles. The molecule has 0 radical (unpaired) electrons. The van der Waals surface area contributed by atoms with Crippen LogP contribution < -0.4 is 16.2 Å². The zero-order valence-electron chi connectivity index (χ0n) is 13.7. The van der Waals surface area contributed by atoms with Gasteiger partial charge in [-0.3, -0.25) is 0 Å². The highest BCUT2D eigenvalue weighted by Crippen LogP contribution is 2.35. The number of benzene rings is 1. The van der Waals surface area contributed by atoms with Crippen molar-refractivity contribution < 1.29 is 14.3 Å². The predicted octanol–water partition coefficient (Wildman–Crippen LogP) is 2.99. The number of anilines is 1. The van der Waals surface area contributed by atoms with Gasteiger partial charge in [-0.15, -0.1) is 0 Å². The summed E-state index contributed by atoms with van der Waals surface area (Å²) in [5.74, 6) is 0.615. The molecule has 0 atom stereocenters. The van der Waals surface area contributed by atoms with E-state index >= 15 is 0 Å². The van der Waals surface area contributed by atoms with Crippen LogP contribution in [0, 0.1) is 0 Å². The number of hydrogen-bond donors (Lipinski definition) is 2. The molecule has 0 aromatic heterocycles. The van der Waals surface area contributed by atoms with Gasteiger partial charge in [0.2, 0.25) is 0 Å². The molecule has 4 N–H and O–H groups in total. The van der Waals surface area contributed by atoms with Crippen molar-refractivity contribution in [3.63, 3.8) is 0 Å². The number of rotatable bonds is 4. The van der Waals surface area contributed by atoms with Gasteiger partial charge < -0.3 is 20.9 Å². The fraction of sp³-hybridized carbons (Fsp3) is 0.562. The van der Waals surface area contributed by atoms with E-state index in [4.69, 9.17) is 20.9 Å². The molecule has 1 aromatic rings. The zero-order chi connectivity index (χ0) is 16.4. The lowest BCUT2D eigenvalue weighted by molar-refractivity contribution is 0.0456. The fourth-order valence-corrected chi connectivity index (χ4v) is 2.29. The van der Waals surface area contributed by atoms with Crippen molar-refractivity contribution >= 4 is 11.8 Å². The van der Waals surface area contributed by atoms with Gasteiger partial charge >= 0.3 is 6.09 Å². The van der Waals surface area contributed by atoms with Crippen LogP contribution in [0.2, 0.25) is 0 Å². The summed E-state index contributed by atoms with van der Waals surface area (Å²) >= 11 is 0. The smallest absolute Gasteiger partial charge is 0.405 e. The van der Waals surface area contributed by atoms with Gasteiger partial charge in [0.1, 0.15) is 11.4 Å². The predicted molar refractivity (Wildman–Crippen MR) is 84.6 cm³/mol. The van der Waals surface area contributed by atoms with Crippen molar-refractivity contribution in [1.29, 1.82) is 0 Å². The molecule has 118 valence electrons. The molecular weight excluding hydrogens is 268 g/mol. The van der Waals surface area contributed by atoms with Gasteiger partial charge in [0.15, 0.2) is 0 Å². The number of nitrogens with two attached hydrogens (primary N) is 2. The Morgan fingerprint density at radius 3 is 2.19 bits per heavy atom. The molecule has 1 rings (SSSR count). The number of carbonyl (C=O) groups is 1. The van der Waals surface area contributed by atoms with Crippen LogP contribution in [0.25, 0.3) is 0 Å². The van der Waals surface area contributed by atoms with E-state index in [0.29, 0.717) is 17.9 Å². The highest BCUT2D eigenvalue weighted by molar-refractivity contribution is 5.65. The lowest BCUT2D eigenvalue weighted by Crippen LogP contribution is -2.33. The third-order valence-electron chi connectivity index (χ3n) is 3.26. The molecule has 0 saturated heterocycles. The third-order valence-corrected chi connectivity index (χ3v) is 3.26. The molecule has 0 heterocycles. The topological polar surface area (TPSA) is 87.6 Å². The van der Waals surface area contributed by atoms with Gasteiger partial charge in [-0.05, 0) is 30.9 Å². The van der Waals surface area contributed by atoms with E-state index in [1.165, 1.54) is 0 Å². The van der Waals surface area contributed by atoms with E-state index in [1.807, 2.05) is 12.1 Å². The van der Waals surface area contributed by atoms with E-state index in [9.17, 15) is 4.79 Å². The first-order valence-electron chi connectivity index (χ1n) is 6.91. The number of carbonyl (C=O) groups excluding carboxylic acids is 1. The average Bonchev–Trinajstić information content (AvgIpc) is 2.24. The number of primary amides is 1. The second-order valence-electron chi connectivity index (χ2n) is 6.87. The summed E-state index contributed by atoms with van der Waals surface area (Å²) in [6.07, 6.45) is -0.327. The van der Waals surface area contributed by atoms with E-state index < -0.39 is 11.7 Å². The summed E-state index contributed by atoms with van der Waals surface area (Å²) in [5, 5.41) is 0. The number of nitrogen functional groups attached to an aromatic ring is 1. The van der Waals surface area contributed by atoms with Crippen LogP contribution >= 0.6 is 0 Å². The van der Waals surface area contributed by atoms with Crippen LogP contribution in [0.15, 0.2) is 12.1 Å². The van der Waals surface area contributed by atoms with E-state index in [1.54, 1.807) is 21.0 Å². The Bertz CT molecular complexity index is 531. The minimum absolute atomic E-state index is 0.0379. The normalized spacial score (nSPS) is 12.1. The average molecular weight is 294 g/mol. The largest absolute Gasteiger partial charge is 0.494 e. The van der Waals surface area contributed by atoms with Gasteiger partial charge in [0.05, 0.1) is 12.8 Å². The van der Waals surface area contributed by atoms with Crippen LogP contribution in [0.3, 0.4) is 0 Å². The molecule has 0 fully saturated rings. The van der Waals surface area contributed by atoms with Crippen molar-refractivity contribution in [3.05, 3.63) is 23.3 Å². The lowest BCUT2D eigenvalue weighted by Gasteiger charge is -2.27. The Morgan fingerprint density at radius 1 is 1.19 bits per heavy atom. The summed E-state index contributed by atoms with van der Waals surface area (Å²) in [7, 11) is 1.58. The Kier molecular flexibility index (Phi) is 4.76. The molecule has 0 bridgehead atoms. The lowest BCUT2D eigenvalue weighted by atomic mass is 9.84. The van der Waals surface area contributed by atoms with Crippen LogP contribution in [0.1, 0.15) is 45.7 Å². The Labute approximate surface area is 126 Å². The molecule has 0 spiro atoms. The van der Waals surface area contributed by atoms with Crippen LogP contribution in [-0.4, -0.2) is 18.8 Å². The number of ether oxygens (including phenoxy) is 2. The van der Waals surface area contributed by atoms with Crippen molar-refractivity contribution in [2.45, 2.75) is 52.1 Å². The Morgan fingerprint density at radius 2 is 1.76 bits per heavy atom. The summed E-state index contributed by atoms with van der Waals surface area (Å²) < 4.78 is 10.5. The van der Waals surface area contributed by atoms with Gasteiger partial charge in [-0.2, -0.15) is 0 Å². The van der Waals surface area contributed by atoms with Crippen LogP contribution in [-0.2, 0) is 16.6 Å². The molecule has 0 aliphatic rings. The van der Waals surface area contributed by atoms with Gasteiger partial charge in [0, 0.05) is 12.0 Å². The minimum Gasteiger partial charge on any atom is -0.494 e. The quantitative estimate of drug-likeness (QED) is 0.836. The molecule has 0 saturated carbocycles. The molecule has 1 aromatic carbocycles. The third kappa shape index (κ3) is 4.55. The maximum Gasteiger partial charge on any atom is 0.405 e. The van der Waals surface area contributed by atoms with Crippen molar-refractivity contribution in [2.75, 3.05) is 12.8 Å². The van der Waals surface area contributed by atoms with Crippen molar-refractivity contribution in [2.24, 2.45) is 5.73 Å². The van der Waals surface area contributed by atoms with Crippen LogP contribution in [0.5, 0.6) is 5.75 Å². The zero-order valence-corrected chi connectivity index (χ0v) is 13.7. The van der Waals surface area contributed by atoms with E-state index in [-0.39, 0.29) is 5.41 Å². The first-order chi connectivity index (χ1) is 9.46. The fourth-order valence-electron chi connectivity index (χ4n) is 2.29. The van der Waals surface area contributed by atoms with Crippen molar-refractivity contribution in [1.82, 2.24) is 0 Å². The first-order valence-corrected chi connectivity index (χ1v) is 6.91. The summed E-state index contributed by atoms with van der Waals surface area (Å²) in [6.45, 7) is 9.95. The number of amides is 1. The monoisotopic (exact) mass is 294 g/mol. The summed E-state index contributed by atoms with van der Waals surface area (Å²) in [4.78, 5) is 11.0. The highest BCUT2D eigenvalue weighted by atomic mass is 16.6. The molecule has 0 aliphatic carbocycles. The standard InChI is InChI=1S/C16H26N2O3/c1-15(2,3)11-7-10(13(20-6)12(17)8-11)9-16(4,5)21-14(18)19/h7-8H,9,17H2,1-6H3,(H2,18,19). The number of methoxy groups -OCH3 is 1. The number of hydrogen-bond acceptors (Lipinski definition) is 4. The van der Waals surface area contributed by atoms with Crippen molar-refractivity contribution in [3.8, 4) is 5.75 Å². The first kappa shape index (κ1) is 17.1. The summed E-state index contributed by atoms with van der Waals surface area (Å²) in [6, 6.07) is 3.96. The SMILES string of the molecule is COc1c(N)cc(C(C)(C)C)cc1CC(C)(C)OC(N)=O. The maximum absolute atomic E-state index is 11.0. The Hall–Kier alpha value is -1.91. The summed E-state index contributed by atoms with van der Waals surface area (Å²) in [5.41, 5.74) is 13.0. The minimum atomic E-state index is -0.793. The highest BCUT2D eigenvalue weighted by Gasteiger charge is 2.26. The second-order valence-corrected chi connectivity index (χ2v) is 6.87. The van der Waals surface area contributed by atoms with Gasteiger partial charge in [0.25, 0.3) is 0 Å². The molecular formula is C16H26N2O3. The maximum atomic E-state index is 11.0. The molecule has 1 amide bonds. The van der Waals surface area contributed by atoms with Crippen LogP contribution in [0.4, 0.5) is 10.5 Å². The Balaban J connectivity index is 3.26. The van der Waals surface area contributed by atoms with E-state index in [2.05, 4.69) is 20.8 Å². The van der Waals surface area contributed by atoms with E-state index in [0.717, 1.165) is 11.1 Å². The van der Waals surface area contributed by atoms with Gasteiger partial charge in [-0.25, -0.2) is 4.79 Å². The second kappa shape index (κ2) is 5.84. The molecule has 21 heavy (non-hydrogen) atoms.